The fraction of sp³-hybridized carbons (Fsp3) is 0.0714. The molecule has 1 unspecified atom stereocenters. The summed E-state index contributed by atoms with van der Waals surface area (Å²) in [4.78, 5) is 0. The van der Waals surface area contributed by atoms with Crippen LogP contribution in [0.25, 0.3) is 5.52 Å². The lowest BCUT2D eigenvalue weighted by atomic mass is 10.00. The highest BCUT2D eigenvalue weighted by molar-refractivity contribution is 5.57. The molecule has 0 aliphatic carbocycles. The first kappa shape index (κ1) is 12.7. The summed E-state index contributed by atoms with van der Waals surface area (Å²) in [6.07, 6.45) is 3.40. The first-order valence-corrected chi connectivity index (χ1v) is 6.04. The Morgan fingerprint density at radius 1 is 1.15 bits per heavy atom. The second-order valence-corrected chi connectivity index (χ2v) is 4.40. The lowest BCUT2D eigenvalue weighted by Gasteiger charge is -2.16. The van der Waals surface area contributed by atoms with E-state index in [1.165, 1.54) is 12.1 Å². The van der Waals surface area contributed by atoms with Gasteiger partial charge in [-0.25, -0.2) is 18.7 Å². The molecule has 0 radical (unpaired) electrons. The van der Waals surface area contributed by atoms with Crippen molar-refractivity contribution in [3.63, 3.8) is 0 Å². The molecule has 102 valence electrons. The summed E-state index contributed by atoms with van der Waals surface area (Å²) in [5.41, 5.74) is 4.35. The summed E-state index contributed by atoms with van der Waals surface area (Å²) < 4.78 is 28.6. The molecule has 0 saturated heterocycles. The van der Waals surface area contributed by atoms with E-state index >= 15 is 0 Å². The molecule has 1 aromatic carbocycles. The number of rotatable bonds is 3. The van der Waals surface area contributed by atoms with E-state index in [2.05, 4.69) is 10.5 Å². The summed E-state index contributed by atoms with van der Waals surface area (Å²) in [6, 6.07) is 8.37. The van der Waals surface area contributed by atoms with Crippen molar-refractivity contribution in [3.8, 4) is 0 Å². The van der Waals surface area contributed by atoms with Crippen molar-refractivity contribution in [1.82, 2.24) is 15.0 Å². The van der Waals surface area contributed by atoms with Gasteiger partial charge in [0.1, 0.15) is 11.6 Å². The number of hydrogen-bond donors (Lipinski definition) is 2. The molecule has 4 nitrogen and oxygen atoms in total. The van der Waals surface area contributed by atoms with E-state index < -0.39 is 17.7 Å². The average Bonchev–Trinajstić information content (AvgIpc) is 2.86. The zero-order valence-corrected chi connectivity index (χ0v) is 10.4. The van der Waals surface area contributed by atoms with Crippen LogP contribution in [0.15, 0.2) is 48.8 Å². The summed E-state index contributed by atoms with van der Waals surface area (Å²) in [5.74, 6) is 4.27. The van der Waals surface area contributed by atoms with Crippen molar-refractivity contribution in [1.29, 1.82) is 0 Å². The highest BCUT2D eigenvalue weighted by Gasteiger charge is 2.20. The minimum atomic E-state index is -0.650. The third kappa shape index (κ3) is 2.04. The largest absolute Gasteiger partial charge is 0.271 e. The summed E-state index contributed by atoms with van der Waals surface area (Å²) >= 11 is 0. The van der Waals surface area contributed by atoms with Gasteiger partial charge in [-0.2, -0.15) is 5.10 Å². The zero-order valence-electron chi connectivity index (χ0n) is 10.4. The van der Waals surface area contributed by atoms with Crippen LogP contribution in [-0.4, -0.2) is 9.61 Å². The third-order valence-corrected chi connectivity index (χ3v) is 3.21. The van der Waals surface area contributed by atoms with Crippen LogP contribution in [0.2, 0.25) is 0 Å². The van der Waals surface area contributed by atoms with Gasteiger partial charge in [-0.05, 0) is 18.2 Å². The van der Waals surface area contributed by atoms with E-state index in [1.54, 1.807) is 16.9 Å². The lowest BCUT2D eigenvalue weighted by molar-refractivity contribution is 0.542. The maximum atomic E-state index is 13.9. The van der Waals surface area contributed by atoms with Crippen molar-refractivity contribution in [2.45, 2.75) is 6.04 Å². The summed E-state index contributed by atoms with van der Waals surface area (Å²) in [7, 11) is 0. The van der Waals surface area contributed by atoms with Crippen LogP contribution in [0, 0.1) is 11.6 Å². The first-order valence-electron chi connectivity index (χ1n) is 6.04. The Hall–Kier alpha value is -2.31. The van der Waals surface area contributed by atoms with Crippen LogP contribution in [0.3, 0.4) is 0 Å². The number of fused-ring (bicyclic) bond motifs is 1. The van der Waals surface area contributed by atoms with Gasteiger partial charge in [0.05, 0.1) is 17.8 Å². The van der Waals surface area contributed by atoms with Crippen LogP contribution in [0.1, 0.15) is 17.2 Å². The van der Waals surface area contributed by atoms with Crippen LogP contribution in [0.5, 0.6) is 0 Å². The molecular weight excluding hydrogens is 262 g/mol. The van der Waals surface area contributed by atoms with E-state index in [-0.39, 0.29) is 5.56 Å². The molecule has 2 aromatic heterocycles. The zero-order chi connectivity index (χ0) is 14.1. The highest BCUT2D eigenvalue weighted by atomic mass is 19.1. The molecule has 3 N–H and O–H groups in total. The number of hydrogen-bond acceptors (Lipinski definition) is 3. The predicted octanol–water partition coefficient (Wildman–Crippen LogP) is 2.17. The number of hydrazine groups is 1. The maximum Gasteiger partial charge on any atom is 0.131 e. The molecule has 0 amide bonds. The number of halogens is 2. The van der Waals surface area contributed by atoms with Gasteiger partial charge in [0.25, 0.3) is 0 Å². The molecule has 20 heavy (non-hydrogen) atoms. The van der Waals surface area contributed by atoms with Gasteiger partial charge in [0.2, 0.25) is 0 Å². The highest BCUT2D eigenvalue weighted by Crippen LogP contribution is 2.27. The Bertz CT molecular complexity index is 754. The van der Waals surface area contributed by atoms with Gasteiger partial charge in [0.15, 0.2) is 0 Å². The van der Waals surface area contributed by atoms with Crippen molar-refractivity contribution >= 4 is 5.52 Å². The van der Waals surface area contributed by atoms with E-state index in [9.17, 15) is 8.78 Å². The third-order valence-electron chi connectivity index (χ3n) is 3.21. The number of aromatic nitrogens is 2. The molecule has 0 spiro atoms. The smallest absolute Gasteiger partial charge is 0.131 e. The number of nitrogens with one attached hydrogen (secondary N) is 1. The SMILES string of the molecule is NNC(c1ccc(F)cc1F)c1cnn2ccccc12. The molecular formula is C14H12F2N4. The van der Waals surface area contributed by atoms with Crippen LogP contribution in [0.4, 0.5) is 8.78 Å². The van der Waals surface area contributed by atoms with Gasteiger partial charge in [-0.1, -0.05) is 12.1 Å². The molecule has 6 heteroatoms. The average molecular weight is 274 g/mol. The molecule has 0 aliphatic heterocycles. The minimum absolute atomic E-state index is 0.271. The van der Waals surface area contributed by atoms with E-state index in [0.29, 0.717) is 0 Å². The second kappa shape index (κ2) is 4.99. The summed E-state index contributed by atoms with van der Waals surface area (Å²) in [5, 5.41) is 4.18. The second-order valence-electron chi connectivity index (χ2n) is 4.40. The Kier molecular flexibility index (Phi) is 3.17. The van der Waals surface area contributed by atoms with Gasteiger partial charge in [-0.3, -0.25) is 5.84 Å². The molecule has 2 heterocycles. The fourth-order valence-corrected chi connectivity index (χ4v) is 2.26. The Balaban J connectivity index is 2.14. The maximum absolute atomic E-state index is 13.9. The van der Waals surface area contributed by atoms with Gasteiger partial charge in [0, 0.05) is 23.4 Å². The van der Waals surface area contributed by atoms with Crippen molar-refractivity contribution in [3.05, 3.63) is 71.6 Å². The molecule has 0 bridgehead atoms. The number of nitrogens with two attached hydrogens (primary N) is 1. The van der Waals surface area contributed by atoms with E-state index in [0.717, 1.165) is 17.1 Å². The quantitative estimate of drug-likeness (QED) is 0.568. The van der Waals surface area contributed by atoms with Crippen molar-refractivity contribution in [2.24, 2.45) is 5.84 Å². The van der Waals surface area contributed by atoms with Crippen LogP contribution >= 0.6 is 0 Å². The van der Waals surface area contributed by atoms with Gasteiger partial charge >= 0.3 is 0 Å². The molecule has 3 aromatic rings. The van der Waals surface area contributed by atoms with Crippen molar-refractivity contribution < 1.29 is 8.78 Å². The Morgan fingerprint density at radius 3 is 2.75 bits per heavy atom. The minimum Gasteiger partial charge on any atom is -0.271 e. The van der Waals surface area contributed by atoms with E-state index in [1.807, 2.05) is 18.2 Å². The van der Waals surface area contributed by atoms with Gasteiger partial charge < -0.3 is 0 Å². The van der Waals surface area contributed by atoms with E-state index in [4.69, 9.17) is 5.84 Å². The van der Waals surface area contributed by atoms with Crippen molar-refractivity contribution in [2.75, 3.05) is 0 Å². The summed E-state index contributed by atoms with van der Waals surface area (Å²) in [6.45, 7) is 0. The van der Waals surface area contributed by atoms with Crippen LogP contribution in [-0.2, 0) is 0 Å². The number of benzene rings is 1. The molecule has 0 fully saturated rings. The normalized spacial score (nSPS) is 12.8. The number of pyridine rings is 1. The Labute approximate surface area is 113 Å². The monoisotopic (exact) mass is 274 g/mol. The predicted molar refractivity (Wildman–Crippen MR) is 70.7 cm³/mol. The topological polar surface area (TPSA) is 55.3 Å². The molecule has 0 saturated carbocycles. The Morgan fingerprint density at radius 2 is 2.00 bits per heavy atom. The molecule has 0 aliphatic rings. The lowest BCUT2D eigenvalue weighted by Crippen LogP contribution is -2.29. The first-order chi connectivity index (χ1) is 9.70. The number of nitrogens with zero attached hydrogens (tertiary/aromatic N) is 2. The fourth-order valence-electron chi connectivity index (χ4n) is 2.26. The molecule has 3 rings (SSSR count). The standard InChI is InChI=1S/C14H12F2N4/c15-9-4-5-10(12(16)7-9)14(19-17)11-8-18-20-6-2-1-3-13(11)20/h1-8,14,19H,17H2. The molecule has 1 atom stereocenters. The van der Waals surface area contributed by atoms with Gasteiger partial charge in [-0.15, -0.1) is 0 Å². The van der Waals surface area contributed by atoms with Crippen LogP contribution < -0.4 is 11.3 Å².